The maximum absolute atomic E-state index is 4.28. The van der Waals surface area contributed by atoms with E-state index in [-0.39, 0.29) is 0 Å². The van der Waals surface area contributed by atoms with Gasteiger partial charge in [-0.2, -0.15) is 0 Å². The van der Waals surface area contributed by atoms with Crippen molar-refractivity contribution in [3.05, 3.63) is 18.3 Å². The molecule has 1 aliphatic carbocycles. The second-order valence-corrected chi connectivity index (χ2v) is 4.13. The zero-order valence-corrected chi connectivity index (χ0v) is 9.53. The van der Waals surface area contributed by atoms with Crippen LogP contribution in [0, 0.1) is 0 Å². The first-order chi connectivity index (χ1) is 7.31. The van der Waals surface area contributed by atoms with E-state index in [0.29, 0.717) is 0 Å². The van der Waals surface area contributed by atoms with Crippen LogP contribution in [0.3, 0.4) is 0 Å². The van der Waals surface area contributed by atoms with E-state index in [9.17, 15) is 0 Å². The Morgan fingerprint density at radius 2 is 2.33 bits per heavy atom. The number of rotatable bonds is 4. The first-order valence-corrected chi connectivity index (χ1v) is 5.74. The van der Waals surface area contributed by atoms with Gasteiger partial charge in [-0.15, -0.1) is 0 Å². The van der Waals surface area contributed by atoms with Crippen molar-refractivity contribution < 1.29 is 0 Å². The largest absolute Gasteiger partial charge is 0.371 e. The summed E-state index contributed by atoms with van der Waals surface area (Å²) in [5.41, 5.74) is 1.27. The van der Waals surface area contributed by atoms with Crippen molar-refractivity contribution in [2.75, 3.05) is 23.8 Å². The highest BCUT2D eigenvalue weighted by Gasteiger charge is 2.22. The van der Waals surface area contributed by atoms with Gasteiger partial charge in [-0.05, 0) is 32.3 Å². The molecule has 0 amide bonds. The number of hydrogen-bond acceptors (Lipinski definition) is 3. The molecule has 1 fully saturated rings. The lowest BCUT2D eigenvalue weighted by molar-refractivity contribution is 0.401. The summed E-state index contributed by atoms with van der Waals surface area (Å²) in [7, 11) is 2.18. The van der Waals surface area contributed by atoms with Gasteiger partial charge in [0.15, 0.2) is 0 Å². The van der Waals surface area contributed by atoms with E-state index in [1.165, 1.54) is 24.9 Å². The molecule has 15 heavy (non-hydrogen) atoms. The van der Waals surface area contributed by atoms with E-state index in [1.807, 2.05) is 6.20 Å². The Bertz CT molecular complexity index is 320. The quantitative estimate of drug-likeness (QED) is 0.818. The second kappa shape index (κ2) is 4.51. The molecule has 3 nitrogen and oxygen atoms in total. The van der Waals surface area contributed by atoms with Gasteiger partial charge in [0, 0.05) is 37.6 Å². The van der Waals surface area contributed by atoms with E-state index >= 15 is 0 Å². The van der Waals surface area contributed by atoms with Crippen molar-refractivity contribution in [2.45, 2.75) is 32.2 Å². The van der Waals surface area contributed by atoms with E-state index < -0.39 is 0 Å². The second-order valence-electron chi connectivity index (χ2n) is 4.13. The molecule has 0 aliphatic heterocycles. The Morgan fingerprint density at radius 1 is 1.53 bits per heavy atom. The van der Waals surface area contributed by atoms with Gasteiger partial charge >= 0.3 is 0 Å². The summed E-state index contributed by atoms with van der Waals surface area (Å²) in [6.45, 7) is 3.01. The Kier molecular flexibility index (Phi) is 3.09. The van der Waals surface area contributed by atoms with Gasteiger partial charge < -0.3 is 10.2 Å². The van der Waals surface area contributed by atoms with Crippen LogP contribution in [-0.4, -0.2) is 24.6 Å². The van der Waals surface area contributed by atoms with Gasteiger partial charge in [0.2, 0.25) is 0 Å². The average Bonchev–Trinajstić information content (AvgIpc) is 2.16. The number of nitrogens with zero attached hydrogens (tertiary/aromatic N) is 2. The van der Waals surface area contributed by atoms with Crippen LogP contribution in [0.15, 0.2) is 18.3 Å². The highest BCUT2D eigenvalue weighted by atomic mass is 15.1. The van der Waals surface area contributed by atoms with Gasteiger partial charge in [0.1, 0.15) is 5.82 Å². The number of anilines is 2. The molecular weight excluding hydrogens is 186 g/mol. The van der Waals surface area contributed by atoms with Crippen LogP contribution in [0.2, 0.25) is 0 Å². The maximum atomic E-state index is 4.28. The molecule has 0 saturated heterocycles. The van der Waals surface area contributed by atoms with E-state index in [4.69, 9.17) is 0 Å². The predicted molar refractivity (Wildman–Crippen MR) is 64.4 cm³/mol. The third-order valence-corrected chi connectivity index (χ3v) is 3.13. The molecular formula is C12H19N3. The van der Waals surface area contributed by atoms with E-state index in [1.54, 1.807) is 0 Å². The number of hydrogen-bond donors (Lipinski definition) is 1. The van der Waals surface area contributed by atoms with Crippen LogP contribution < -0.4 is 10.2 Å². The summed E-state index contributed by atoms with van der Waals surface area (Å²) in [6.07, 6.45) is 5.91. The third-order valence-electron chi connectivity index (χ3n) is 3.13. The fourth-order valence-corrected chi connectivity index (χ4v) is 1.90. The Hall–Kier alpha value is -1.25. The molecule has 0 spiro atoms. The lowest BCUT2D eigenvalue weighted by Gasteiger charge is -2.36. The standard InChI is InChI=1S/C12H19N3/c1-3-13-12-9-11(7-8-14-12)15(2)10-5-4-6-10/h7-10H,3-6H2,1-2H3,(H,13,14). The first-order valence-electron chi connectivity index (χ1n) is 5.74. The smallest absolute Gasteiger partial charge is 0.127 e. The molecule has 0 unspecified atom stereocenters. The Labute approximate surface area is 91.5 Å². The molecule has 82 valence electrons. The zero-order valence-electron chi connectivity index (χ0n) is 9.53. The summed E-state index contributed by atoms with van der Waals surface area (Å²) in [4.78, 5) is 6.64. The van der Waals surface area contributed by atoms with Gasteiger partial charge in [-0.1, -0.05) is 0 Å². The molecule has 1 aromatic heterocycles. The lowest BCUT2D eigenvalue weighted by Crippen LogP contribution is -2.37. The maximum Gasteiger partial charge on any atom is 0.127 e. The topological polar surface area (TPSA) is 28.2 Å². The SMILES string of the molecule is CCNc1cc(N(C)C2CCC2)ccn1. The number of aromatic nitrogens is 1. The summed E-state index contributed by atoms with van der Waals surface area (Å²) in [5, 5.41) is 3.24. The van der Waals surface area contributed by atoms with Crippen molar-refractivity contribution in [3.63, 3.8) is 0 Å². The van der Waals surface area contributed by atoms with Gasteiger partial charge in [-0.25, -0.2) is 4.98 Å². The Morgan fingerprint density at radius 3 is 2.93 bits per heavy atom. The van der Waals surface area contributed by atoms with E-state index in [0.717, 1.165) is 18.4 Å². The summed E-state index contributed by atoms with van der Waals surface area (Å²) in [5.74, 6) is 0.973. The van der Waals surface area contributed by atoms with Crippen LogP contribution in [0.4, 0.5) is 11.5 Å². The zero-order chi connectivity index (χ0) is 10.7. The average molecular weight is 205 g/mol. The van der Waals surface area contributed by atoms with Gasteiger partial charge in [0.25, 0.3) is 0 Å². The minimum absolute atomic E-state index is 0.738. The fourth-order valence-electron chi connectivity index (χ4n) is 1.90. The minimum atomic E-state index is 0.738. The molecule has 1 heterocycles. The van der Waals surface area contributed by atoms with Crippen LogP contribution in [-0.2, 0) is 0 Å². The van der Waals surface area contributed by atoms with Crippen LogP contribution in [0.25, 0.3) is 0 Å². The summed E-state index contributed by atoms with van der Waals surface area (Å²) < 4.78 is 0. The van der Waals surface area contributed by atoms with Crippen molar-refractivity contribution >= 4 is 11.5 Å². The van der Waals surface area contributed by atoms with Crippen LogP contribution in [0.5, 0.6) is 0 Å². The molecule has 0 radical (unpaired) electrons. The van der Waals surface area contributed by atoms with Crippen LogP contribution in [0.1, 0.15) is 26.2 Å². The monoisotopic (exact) mass is 205 g/mol. The highest BCUT2D eigenvalue weighted by molar-refractivity contribution is 5.54. The molecule has 0 aromatic carbocycles. The molecule has 1 saturated carbocycles. The minimum Gasteiger partial charge on any atom is -0.371 e. The normalized spacial score (nSPS) is 15.9. The van der Waals surface area contributed by atoms with Crippen molar-refractivity contribution in [3.8, 4) is 0 Å². The van der Waals surface area contributed by atoms with Gasteiger partial charge in [-0.3, -0.25) is 0 Å². The van der Waals surface area contributed by atoms with E-state index in [2.05, 4.69) is 41.3 Å². The molecule has 3 heteroatoms. The summed E-state index contributed by atoms with van der Waals surface area (Å²) >= 11 is 0. The molecule has 1 aliphatic rings. The molecule has 2 rings (SSSR count). The predicted octanol–water partition coefficient (Wildman–Crippen LogP) is 2.50. The van der Waals surface area contributed by atoms with Crippen molar-refractivity contribution in [2.24, 2.45) is 0 Å². The van der Waals surface area contributed by atoms with Crippen LogP contribution >= 0.6 is 0 Å². The molecule has 1 aromatic rings. The van der Waals surface area contributed by atoms with Gasteiger partial charge in [0.05, 0.1) is 0 Å². The first kappa shape index (κ1) is 10.3. The molecule has 0 atom stereocenters. The fraction of sp³-hybridized carbons (Fsp3) is 0.583. The number of nitrogens with one attached hydrogen (secondary N) is 1. The molecule has 1 N–H and O–H groups in total. The highest BCUT2D eigenvalue weighted by Crippen LogP contribution is 2.28. The third kappa shape index (κ3) is 2.22. The Balaban J connectivity index is 2.09. The number of pyridine rings is 1. The summed E-state index contributed by atoms with van der Waals surface area (Å²) in [6, 6.07) is 4.95. The lowest BCUT2D eigenvalue weighted by atomic mass is 9.91. The van der Waals surface area contributed by atoms with Crippen molar-refractivity contribution in [1.82, 2.24) is 4.98 Å². The molecule has 0 bridgehead atoms. The van der Waals surface area contributed by atoms with Crippen molar-refractivity contribution in [1.29, 1.82) is 0 Å².